The monoisotopic (exact) mass is 334 g/mol. The summed E-state index contributed by atoms with van der Waals surface area (Å²) in [5, 5.41) is 12.9. The van der Waals surface area contributed by atoms with Gasteiger partial charge < -0.3 is 15.7 Å². The van der Waals surface area contributed by atoms with Crippen molar-refractivity contribution in [1.82, 2.24) is 10.6 Å². The number of carboxylic acid groups (broad SMARTS) is 1. The Labute approximate surface area is 116 Å². The average Bonchev–Trinajstić information content (AvgIpc) is 2.64. The fourth-order valence-electron chi connectivity index (χ4n) is 1.06. The van der Waals surface area contributed by atoms with Crippen LogP contribution in [0.3, 0.4) is 0 Å². The Balaban J connectivity index is 2.41. The molecule has 98 valence electrons. The summed E-state index contributed by atoms with van der Waals surface area (Å²) in [4.78, 5) is 33.5. The molecule has 0 saturated carbocycles. The lowest BCUT2D eigenvalue weighted by Crippen LogP contribution is -2.38. The van der Waals surface area contributed by atoms with Crippen LogP contribution in [-0.2, 0) is 9.59 Å². The smallest absolute Gasteiger partial charge is 0.322 e. The number of hydrogen-bond donors (Lipinski definition) is 3. The summed E-state index contributed by atoms with van der Waals surface area (Å²) >= 11 is 4.57. The van der Waals surface area contributed by atoms with E-state index in [1.807, 2.05) is 6.92 Å². The molecule has 0 radical (unpaired) electrons. The molecule has 1 heterocycles. The maximum Gasteiger partial charge on any atom is 0.322 e. The summed E-state index contributed by atoms with van der Waals surface area (Å²) in [5.41, 5.74) is 0.945. The number of carbonyl (C=O) groups is 3. The van der Waals surface area contributed by atoms with Crippen molar-refractivity contribution in [1.29, 1.82) is 0 Å². The van der Waals surface area contributed by atoms with Crippen LogP contribution in [0, 0.1) is 6.92 Å². The third-order valence-corrected chi connectivity index (χ3v) is 4.06. The van der Waals surface area contributed by atoms with E-state index >= 15 is 0 Å². The molecule has 0 unspecified atom stereocenters. The van der Waals surface area contributed by atoms with Crippen molar-refractivity contribution in [2.24, 2.45) is 0 Å². The van der Waals surface area contributed by atoms with E-state index in [1.165, 1.54) is 11.3 Å². The van der Waals surface area contributed by atoms with Crippen LogP contribution in [-0.4, -0.2) is 36.0 Å². The Morgan fingerprint density at radius 1 is 1.33 bits per heavy atom. The maximum atomic E-state index is 11.6. The van der Waals surface area contributed by atoms with E-state index in [0.29, 0.717) is 4.88 Å². The summed E-state index contributed by atoms with van der Waals surface area (Å²) in [5.74, 6) is -2.04. The number of carbonyl (C=O) groups excluding carboxylic acids is 2. The summed E-state index contributed by atoms with van der Waals surface area (Å²) in [6.45, 7) is 1.15. The van der Waals surface area contributed by atoms with Gasteiger partial charge in [-0.05, 0) is 34.5 Å². The van der Waals surface area contributed by atoms with Crippen molar-refractivity contribution in [3.8, 4) is 0 Å². The molecule has 0 atom stereocenters. The topological polar surface area (TPSA) is 95.5 Å². The molecule has 8 heteroatoms. The van der Waals surface area contributed by atoms with Gasteiger partial charge in [0.15, 0.2) is 0 Å². The van der Waals surface area contributed by atoms with Gasteiger partial charge in [0.1, 0.15) is 6.54 Å². The third-order valence-electron chi connectivity index (χ3n) is 1.93. The second-order valence-corrected chi connectivity index (χ2v) is 5.79. The van der Waals surface area contributed by atoms with E-state index in [-0.39, 0.29) is 12.5 Å². The van der Waals surface area contributed by atoms with Crippen LogP contribution in [0.15, 0.2) is 9.85 Å². The zero-order chi connectivity index (χ0) is 13.7. The number of aliphatic carboxylic acids is 1. The highest BCUT2D eigenvalue weighted by Crippen LogP contribution is 2.26. The zero-order valence-electron chi connectivity index (χ0n) is 9.45. The van der Waals surface area contributed by atoms with Crippen LogP contribution in [0.1, 0.15) is 15.2 Å². The molecule has 6 nitrogen and oxygen atoms in total. The Kier molecular flexibility index (Phi) is 5.29. The molecule has 1 aromatic heterocycles. The minimum absolute atomic E-state index is 0.249. The second-order valence-electron chi connectivity index (χ2n) is 3.42. The Morgan fingerprint density at radius 2 is 2.00 bits per heavy atom. The number of hydrogen-bond acceptors (Lipinski definition) is 4. The number of amides is 2. The van der Waals surface area contributed by atoms with Crippen LogP contribution in [0.5, 0.6) is 0 Å². The summed E-state index contributed by atoms with van der Waals surface area (Å²) < 4.78 is 0.864. The first kappa shape index (κ1) is 14.7. The number of halogens is 1. The molecule has 18 heavy (non-hydrogen) atoms. The van der Waals surface area contributed by atoms with Gasteiger partial charge in [-0.25, -0.2) is 0 Å². The Bertz CT molecular complexity index is 467. The van der Waals surface area contributed by atoms with Crippen LogP contribution < -0.4 is 10.6 Å². The molecule has 0 aliphatic heterocycles. The van der Waals surface area contributed by atoms with Gasteiger partial charge in [0, 0.05) is 0 Å². The lowest BCUT2D eigenvalue weighted by atomic mass is 10.3. The molecule has 0 aliphatic carbocycles. The number of carboxylic acids is 1. The van der Waals surface area contributed by atoms with Crippen molar-refractivity contribution in [2.45, 2.75) is 6.92 Å². The first-order valence-electron chi connectivity index (χ1n) is 4.92. The lowest BCUT2D eigenvalue weighted by molar-refractivity contribution is -0.137. The van der Waals surface area contributed by atoms with Crippen LogP contribution in [0.4, 0.5) is 0 Å². The van der Waals surface area contributed by atoms with Gasteiger partial charge in [0.25, 0.3) is 5.91 Å². The van der Waals surface area contributed by atoms with E-state index in [1.54, 1.807) is 6.07 Å². The molecule has 0 bridgehead atoms. The molecule has 0 saturated heterocycles. The fourth-order valence-corrected chi connectivity index (χ4v) is 2.51. The quantitative estimate of drug-likeness (QED) is 0.740. The molecule has 0 spiro atoms. The minimum Gasteiger partial charge on any atom is -0.480 e. The Hall–Kier alpha value is -1.41. The molecule has 3 N–H and O–H groups in total. The largest absolute Gasteiger partial charge is 0.480 e. The van der Waals surface area contributed by atoms with Gasteiger partial charge in [0.05, 0.1) is 15.2 Å². The average molecular weight is 335 g/mol. The highest BCUT2D eigenvalue weighted by molar-refractivity contribution is 9.11. The van der Waals surface area contributed by atoms with E-state index in [2.05, 4.69) is 26.6 Å². The van der Waals surface area contributed by atoms with Crippen molar-refractivity contribution < 1.29 is 19.5 Å². The first-order chi connectivity index (χ1) is 8.40. The summed E-state index contributed by atoms with van der Waals surface area (Å²) in [7, 11) is 0. The van der Waals surface area contributed by atoms with E-state index in [4.69, 9.17) is 5.11 Å². The Morgan fingerprint density at radius 3 is 2.50 bits per heavy atom. The van der Waals surface area contributed by atoms with Crippen molar-refractivity contribution in [2.75, 3.05) is 13.1 Å². The minimum atomic E-state index is -1.13. The standard InChI is InChI=1S/C10H11BrN2O4S/c1-5-2-6(18-9(5)11)10(17)13-3-7(14)12-4-8(15)16/h2H,3-4H2,1H3,(H,12,14)(H,13,17)(H,15,16). The van der Waals surface area contributed by atoms with Crippen LogP contribution >= 0.6 is 27.3 Å². The molecule has 0 aromatic carbocycles. The molecule has 1 aromatic rings. The van der Waals surface area contributed by atoms with Crippen LogP contribution in [0.25, 0.3) is 0 Å². The van der Waals surface area contributed by atoms with Gasteiger partial charge in [-0.15, -0.1) is 11.3 Å². The predicted molar refractivity (Wildman–Crippen MR) is 69.7 cm³/mol. The summed E-state index contributed by atoms with van der Waals surface area (Å²) in [6.07, 6.45) is 0. The molecular weight excluding hydrogens is 324 g/mol. The SMILES string of the molecule is Cc1cc(C(=O)NCC(=O)NCC(=O)O)sc1Br. The van der Waals surface area contributed by atoms with E-state index in [9.17, 15) is 14.4 Å². The highest BCUT2D eigenvalue weighted by atomic mass is 79.9. The molecule has 0 aliphatic rings. The van der Waals surface area contributed by atoms with Gasteiger partial charge >= 0.3 is 5.97 Å². The van der Waals surface area contributed by atoms with Gasteiger partial charge in [0.2, 0.25) is 5.91 Å². The van der Waals surface area contributed by atoms with E-state index < -0.39 is 18.4 Å². The lowest BCUT2D eigenvalue weighted by Gasteiger charge is -2.03. The second kappa shape index (κ2) is 6.50. The van der Waals surface area contributed by atoms with Gasteiger partial charge in [-0.3, -0.25) is 14.4 Å². The highest BCUT2D eigenvalue weighted by Gasteiger charge is 2.12. The fraction of sp³-hybridized carbons (Fsp3) is 0.300. The predicted octanol–water partition coefficient (Wildman–Crippen LogP) is 0.750. The third kappa shape index (κ3) is 4.46. The van der Waals surface area contributed by atoms with Crippen molar-refractivity contribution in [3.05, 3.63) is 20.3 Å². The van der Waals surface area contributed by atoms with Crippen molar-refractivity contribution >= 4 is 45.1 Å². The maximum absolute atomic E-state index is 11.6. The first-order valence-corrected chi connectivity index (χ1v) is 6.53. The van der Waals surface area contributed by atoms with E-state index in [0.717, 1.165) is 9.35 Å². The molecule has 1 rings (SSSR count). The number of thiophene rings is 1. The molecular formula is C10H11BrN2O4S. The van der Waals surface area contributed by atoms with Gasteiger partial charge in [-0.1, -0.05) is 0 Å². The molecule has 0 fully saturated rings. The van der Waals surface area contributed by atoms with Crippen LogP contribution in [0.2, 0.25) is 0 Å². The normalized spacial score (nSPS) is 9.89. The number of rotatable bonds is 5. The number of aryl methyl sites for hydroxylation is 1. The summed E-state index contributed by atoms with van der Waals surface area (Å²) in [6, 6.07) is 1.71. The van der Waals surface area contributed by atoms with Crippen molar-refractivity contribution in [3.63, 3.8) is 0 Å². The molecule has 2 amide bonds. The number of nitrogens with one attached hydrogen (secondary N) is 2. The zero-order valence-corrected chi connectivity index (χ0v) is 11.9. The van der Waals surface area contributed by atoms with Gasteiger partial charge in [-0.2, -0.15) is 0 Å².